The summed E-state index contributed by atoms with van der Waals surface area (Å²) in [6.45, 7) is 5.63. The van der Waals surface area contributed by atoms with E-state index in [1.165, 1.54) is 36.5 Å². The summed E-state index contributed by atoms with van der Waals surface area (Å²) in [5, 5.41) is 11.9. The van der Waals surface area contributed by atoms with Crippen molar-refractivity contribution in [2.45, 2.75) is 45.6 Å². The number of hydrogen-bond donors (Lipinski definition) is 2. The van der Waals surface area contributed by atoms with Crippen LogP contribution in [-0.4, -0.2) is 22.4 Å². The minimum Gasteiger partial charge on any atom is -0.380 e. The lowest BCUT2D eigenvalue weighted by Gasteiger charge is -2.30. The number of aromatic nitrogens is 2. The van der Waals surface area contributed by atoms with Crippen molar-refractivity contribution in [3.8, 4) is 0 Å². The van der Waals surface area contributed by atoms with Gasteiger partial charge in [-0.2, -0.15) is 5.10 Å². The molecule has 1 aliphatic carbocycles. The zero-order valence-electron chi connectivity index (χ0n) is 11.0. The first-order chi connectivity index (χ1) is 8.14. The standard InChI is InChI=1S/C13H22N4/c1-4-9-11-12(17(3)16-9)15-10-6-5-7-13(10,2)8-14-11/h10,14-15H,4-8H2,1-3H3. The van der Waals surface area contributed by atoms with E-state index in [1.807, 2.05) is 11.7 Å². The van der Waals surface area contributed by atoms with Crippen LogP contribution in [-0.2, 0) is 13.5 Å². The van der Waals surface area contributed by atoms with Gasteiger partial charge >= 0.3 is 0 Å². The topological polar surface area (TPSA) is 41.9 Å². The number of nitrogens with zero attached hydrogens (tertiary/aromatic N) is 2. The lowest BCUT2D eigenvalue weighted by Crippen LogP contribution is -2.37. The summed E-state index contributed by atoms with van der Waals surface area (Å²) in [5.74, 6) is 1.18. The SMILES string of the molecule is CCc1nn(C)c2c1NCC1(C)CCCC1N2. The molecule has 3 rings (SSSR count). The van der Waals surface area contributed by atoms with Gasteiger partial charge in [0, 0.05) is 25.0 Å². The fourth-order valence-electron chi connectivity index (χ4n) is 3.32. The molecule has 0 spiro atoms. The zero-order valence-corrected chi connectivity index (χ0v) is 11.0. The Morgan fingerprint density at radius 1 is 1.53 bits per heavy atom. The van der Waals surface area contributed by atoms with Gasteiger partial charge in [0.1, 0.15) is 11.5 Å². The van der Waals surface area contributed by atoms with Gasteiger partial charge in [0.2, 0.25) is 0 Å². The number of fused-ring (bicyclic) bond motifs is 2. The van der Waals surface area contributed by atoms with Gasteiger partial charge in [-0.3, -0.25) is 4.68 Å². The van der Waals surface area contributed by atoms with Gasteiger partial charge in [-0.05, 0) is 19.3 Å². The van der Waals surface area contributed by atoms with E-state index in [4.69, 9.17) is 0 Å². The molecule has 1 aliphatic heterocycles. The Bertz CT molecular complexity index is 437. The van der Waals surface area contributed by atoms with Crippen molar-refractivity contribution in [2.24, 2.45) is 12.5 Å². The fraction of sp³-hybridized carbons (Fsp3) is 0.769. The monoisotopic (exact) mass is 234 g/mol. The van der Waals surface area contributed by atoms with Crippen molar-refractivity contribution in [2.75, 3.05) is 17.2 Å². The van der Waals surface area contributed by atoms with Gasteiger partial charge in [0.25, 0.3) is 0 Å². The van der Waals surface area contributed by atoms with Crippen LogP contribution in [0.1, 0.15) is 38.8 Å². The van der Waals surface area contributed by atoms with Crippen LogP contribution >= 0.6 is 0 Å². The van der Waals surface area contributed by atoms with E-state index in [2.05, 4.69) is 29.6 Å². The Balaban J connectivity index is 2.00. The van der Waals surface area contributed by atoms with Gasteiger partial charge in [0.15, 0.2) is 0 Å². The first-order valence-corrected chi connectivity index (χ1v) is 6.70. The lowest BCUT2D eigenvalue weighted by molar-refractivity contribution is 0.334. The van der Waals surface area contributed by atoms with Crippen molar-refractivity contribution in [1.82, 2.24) is 9.78 Å². The van der Waals surface area contributed by atoms with Crippen LogP contribution in [0, 0.1) is 5.41 Å². The third-order valence-electron chi connectivity index (χ3n) is 4.52. The molecule has 94 valence electrons. The molecule has 1 saturated carbocycles. The summed E-state index contributed by atoms with van der Waals surface area (Å²) in [4.78, 5) is 0. The molecule has 4 nitrogen and oxygen atoms in total. The summed E-state index contributed by atoms with van der Waals surface area (Å²) in [5.41, 5.74) is 2.80. The van der Waals surface area contributed by atoms with E-state index < -0.39 is 0 Å². The quantitative estimate of drug-likeness (QED) is 0.784. The Labute approximate surface area is 103 Å². The van der Waals surface area contributed by atoms with E-state index >= 15 is 0 Å². The molecule has 1 aromatic heterocycles. The molecule has 0 radical (unpaired) electrons. The molecule has 2 heterocycles. The second-order valence-corrected chi connectivity index (χ2v) is 5.74. The Morgan fingerprint density at radius 2 is 2.35 bits per heavy atom. The Hall–Kier alpha value is -1.19. The largest absolute Gasteiger partial charge is 0.380 e. The lowest BCUT2D eigenvalue weighted by atomic mass is 9.85. The molecule has 0 amide bonds. The average molecular weight is 234 g/mol. The van der Waals surface area contributed by atoms with Crippen LogP contribution in [0.25, 0.3) is 0 Å². The van der Waals surface area contributed by atoms with Gasteiger partial charge in [0.05, 0.1) is 5.69 Å². The van der Waals surface area contributed by atoms with Crippen LogP contribution in [0.15, 0.2) is 0 Å². The Morgan fingerprint density at radius 3 is 3.12 bits per heavy atom. The molecule has 2 atom stereocenters. The molecular weight excluding hydrogens is 212 g/mol. The minimum absolute atomic E-state index is 0.393. The predicted octanol–water partition coefficient (Wildman–Crippen LogP) is 2.38. The highest BCUT2D eigenvalue weighted by Gasteiger charge is 2.41. The highest BCUT2D eigenvalue weighted by Crippen LogP contribution is 2.43. The van der Waals surface area contributed by atoms with E-state index in [9.17, 15) is 0 Å². The second-order valence-electron chi connectivity index (χ2n) is 5.74. The minimum atomic E-state index is 0.393. The van der Waals surface area contributed by atoms with Crippen LogP contribution in [0.5, 0.6) is 0 Å². The third-order valence-corrected chi connectivity index (χ3v) is 4.52. The summed E-state index contributed by atoms with van der Waals surface area (Å²) < 4.78 is 1.99. The van der Waals surface area contributed by atoms with Crippen molar-refractivity contribution in [3.63, 3.8) is 0 Å². The summed E-state index contributed by atoms with van der Waals surface area (Å²) in [6.07, 6.45) is 4.92. The summed E-state index contributed by atoms with van der Waals surface area (Å²) in [7, 11) is 2.03. The average Bonchev–Trinajstić information content (AvgIpc) is 2.77. The van der Waals surface area contributed by atoms with Crippen LogP contribution in [0.4, 0.5) is 11.5 Å². The molecule has 2 N–H and O–H groups in total. The first-order valence-electron chi connectivity index (χ1n) is 6.70. The number of nitrogens with one attached hydrogen (secondary N) is 2. The number of aryl methyl sites for hydroxylation is 2. The van der Waals surface area contributed by atoms with Crippen LogP contribution in [0.3, 0.4) is 0 Å². The molecular formula is C13H22N4. The maximum atomic E-state index is 4.58. The fourth-order valence-corrected chi connectivity index (χ4v) is 3.32. The summed E-state index contributed by atoms with van der Waals surface area (Å²) in [6, 6.07) is 0.594. The molecule has 1 fully saturated rings. The molecule has 17 heavy (non-hydrogen) atoms. The number of rotatable bonds is 1. The maximum absolute atomic E-state index is 4.58. The van der Waals surface area contributed by atoms with E-state index in [-0.39, 0.29) is 0 Å². The normalized spacial score (nSPS) is 31.1. The smallest absolute Gasteiger partial charge is 0.148 e. The van der Waals surface area contributed by atoms with Crippen molar-refractivity contribution >= 4 is 11.5 Å². The number of anilines is 2. The van der Waals surface area contributed by atoms with Gasteiger partial charge in [-0.25, -0.2) is 0 Å². The summed E-state index contributed by atoms with van der Waals surface area (Å²) >= 11 is 0. The molecule has 0 saturated heterocycles. The molecule has 4 heteroatoms. The number of hydrogen-bond acceptors (Lipinski definition) is 3. The molecule has 2 unspecified atom stereocenters. The third kappa shape index (κ3) is 1.53. The predicted molar refractivity (Wildman–Crippen MR) is 70.4 cm³/mol. The van der Waals surface area contributed by atoms with Crippen LogP contribution in [0.2, 0.25) is 0 Å². The highest BCUT2D eigenvalue weighted by atomic mass is 15.3. The zero-order chi connectivity index (χ0) is 12.0. The van der Waals surface area contributed by atoms with E-state index in [0.717, 1.165) is 13.0 Å². The van der Waals surface area contributed by atoms with Crippen molar-refractivity contribution < 1.29 is 0 Å². The Kier molecular flexibility index (Phi) is 2.35. The van der Waals surface area contributed by atoms with Gasteiger partial charge < -0.3 is 10.6 Å². The van der Waals surface area contributed by atoms with Crippen molar-refractivity contribution in [3.05, 3.63) is 5.69 Å². The highest BCUT2D eigenvalue weighted by molar-refractivity contribution is 5.70. The second kappa shape index (κ2) is 3.65. The van der Waals surface area contributed by atoms with Crippen LogP contribution < -0.4 is 10.6 Å². The van der Waals surface area contributed by atoms with Gasteiger partial charge in [-0.1, -0.05) is 20.3 Å². The van der Waals surface area contributed by atoms with E-state index in [0.29, 0.717) is 11.5 Å². The van der Waals surface area contributed by atoms with Crippen molar-refractivity contribution in [1.29, 1.82) is 0 Å². The molecule has 0 aromatic carbocycles. The first kappa shape index (κ1) is 10.9. The molecule has 0 bridgehead atoms. The molecule has 1 aromatic rings. The van der Waals surface area contributed by atoms with E-state index in [1.54, 1.807) is 0 Å². The molecule has 2 aliphatic rings. The van der Waals surface area contributed by atoms with Gasteiger partial charge in [-0.15, -0.1) is 0 Å². The maximum Gasteiger partial charge on any atom is 0.148 e.